The molecule has 0 aromatic carbocycles. The number of likely N-dealkylation sites (tertiary alicyclic amines) is 1. The number of piperidine rings is 1. The predicted octanol–water partition coefficient (Wildman–Crippen LogP) is 2.24. The molecule has 0 aliphatic carbocycles. The second-order valence-electron chi connectivity index (χ2n) is 7.67. The van der Waals surface area contributed by atoms with Gasteiger partial charge in [0.2, 0.25) is 0 Å². The van der Waals surface area contributed by atoms with Crippen LogP contribution >= 0.6 is 0 Å². The first-order valence-corrected chi connectivity index (χ1v) is 9.20. The third-order valence-electron chi connectivity index (χ3n) is 5.21. The van der Waals surface area contributed by atoms with Gasteiger partial charge in [0.15, 0.2) is 0 Å². The van der Waals surface area contributed by atoms with Gasteiger partial charge in [-0.05, 0) is 52.3 Å². The topological polar surface area (TPSA) is 33.5 Å². The van der Waals surface area contributed by atoms with Crippen molar-refractivity contribution in [2.45, 2.75) is 57.7 Å². The quantitative estimate of drug-likeness (QED) is 0.833. The van der Waals surface area contributed by atoms with E-state index >= 15 is 0 Å². The average Bonchev–Trinajstić information content (AvgIpc) is 2.95. The standard InChI is InChI=1S/C18H32N4O/c1-18(2,21-10-4-3-5-11-21)16-20-9-7-13-23-17(14-20)15-22-12-6-8-19-22/h6,8,12,17H,3-5,7,9-11,13-16H2,1-2H3/t17-/m0/s1. The maximum atomic E-state index is 6.05. The Bertz CT molecular complexity index is 454. The van der Waals surface area contributed by atoms with Gasteiger partial charge in [0.1, 0.15) is 0 Å². The van der Waals surface area contributed by atoms with E-state index in [-0.39, 0.29) is 11.6 Å². The molecule has 1 atom stereocenters. The van der Waals surface area contributed by atoms with Crippen molar-refractivity contribution in [2.75, 3.05) is 39.3 Å². The van der Waals surface area contributed by atoms with Crippen molar-refractivity contribution >= 4 is 0 Å². The highest BCUT2D eigenvalue weighted by Crippen LogP contribution is 2.22. The molecule has 1 aromatic heterocycles. The van der Waals surface area contributed by atoms with Crippen LogP contribution < -0.4 is 0 Å². The molecule has 2 aliphatic rings. The average molecular weight is 320 g/mol. The number of hydrogen-bond donors (Lipinski definition) is 0. The van der Waals surface area contributed by atoms with Crippen molar-refractivity contribution in [3.8, 4) is 0 Å². The zero-order valence-electron chi connectivity index (χ0n) is 14.8. The van der Waals surface area contributed by atoms with E-state index in [4.69, 9.17) is 4.74 Å². The molecular weight excluding hydrogens is 288 g/mol. The second-order valence-corrected chi connectivity index (χ2v) is 7.67. The summed E-state index contributed by atoms with van der Waals surface area (Å²) in [5.41, 5.74) is 0.251. The summed E-state index contributed by atoms with van der Waals surface area (Å²) in [5, 5.41) is 4.32. The molecule has 2 aliphatic heterocycles. The summed E-state index contributed by atoms with van der Waals surface area (Å²) in [7, 11) is 0. The molecule has 3 heterocycles. The van der Waals surface area contributed by atoms with Crippen LogP contribution in [0.15, 0.2) is 18.5 Å². The molecule has 5 heteroatoms. The number of nitrogens with zero attached hydrogens (tertiary/aromatic N) is 4. The van der Waals surface area contributed by atoms with Crippen LogP contribution in [0.4, 0.5) is 0 Å². The fourth-order valence-electron chi connectivity index (χ4n) is 3.99. The van der Waals surface area contributed by atoms with Crippen molar-refractivity contribution in [3.05, 3.63) is 18.5 Å². The highest BCUT2D eigenvalue weighted by molar-refractivity contribution is 4.88. The summed E-state index contributed by atoms with van der Waals surface area (Å²) >= 11 is 0. The molecular formula is C18H32N4O. The van der Waals surface area contributed by atoms with Crippen LogP contribution in [0.5, 0.6) is 0 Å². The fraction of sp³-hybridized carbons (Fsp3) is 0.833. The first-order valence-electron chi connectivity index (χ1n) is 9.20. The number of hydrogen-bond acceptors (Lipinski definition) is 4. The Morgan fingerprint density at radius 3 is 2.70 bits per heavy atom. The monoisotopic (exact) mass is 320 g/mol. The van der Waals surface area contributed by atoms with E-state index in [0.29, 0.717) is 0 Å². The minimum atomic E-state index is 0.245. The number of aromatic nitrogens is 2. The number of rotatable bonds is 5. The van der Waals surface area contributed by atoms with Crippen molar-refractivity contribution in [3.63, 3.8) is 0 Å². The van der Waals surface area contributed by atoms with E-state index in [2.05, 4.69) is 28.7 Å². The fourth-order valence-corrected chi connectivity index (χ4v) is 3.99. The van der Waals surface area contributed by atoms with E-state index in [1.165, 1.54) is 32.4 Å². The Kier molecular flexibility index (Phi) is 5.72. The maximum absolute atomic E-state index is 6.05. The Labute approximate surface area is 140 Å². The third-order valence-corrected chi connectivity index (χ3v) is 5.21. The molecule has 23 heavy (non-hydrogen) atoms. The van der Waals surface area contributed by atoms with Gasteiger partial charge in [-0.1, -0.05) is 6.42 Å². The maximum Gasteiger partial charge on any atom is 0.0897 e. The zero-order valence-corrected chi connectivity index (χ0v) is 14.8. The summed E-state index contributed by atoms with van der Waals surface area (Å²) in [4.78, 5) is 5.29. The van der Waals surface area contributed by atoms with E-state index in [1.807, 2.05) is 23.1 Å². The van der Waals surface area contributed by atoms with E-state index in [9.17, 15) is 0 Å². The summed E-state index contributed by atoms with van der Waals surface area (Å²) in [5.74, 6) is 0. The molecule has 0 bridgehead atoms. The minimum absolute atomic E-state index is 0.245. The SMILES string of the molecule is CC(C)(CN1CCCO[C@H](Cn2cccn2)C1)N1CCCCC1. The van der Waals surface area contributed by atoms with Crippen molar-refractivity contribution in [1.82, 2.24) is 19.6 Å². The van der Waals surface area contributed by atoms with Crippen LogP contribution in [0.25, 0.3) is 0 Å². The Morgan fingerprint density at radius 2 is 1.96 bits per heavy atom. The molecule has 0 radical (unpaired) electrons. The van der Waals surface area contributed by atoms with Gasteiger partial charge in [0.05, 0.1) is 12.6 Å². The van der Waals surface area contributed by atoms with Gasteiger partial charge in [0.25, 0.3) is 0 Å². The molecule has 0 unspecified atom stereocenters. The van der Waals surface area contributed by atoms with Crippen LogP contribution in [-0.4, -0.2) is 70.6 Å². The van der Waals surface area contributed by atoms with Crippen LogP contribution in [0.2, 0.25) is 0 Å². The molecule has 3 rings (SSSR count). The molecule has 2 fully saturated rings. The van der Waals surface area contributed by atoms with Gasteiger partial charge in [-0.3, -0.25) is 14.5 Å². The molecule has 1 aromatic rings. The Balaban J connectivity index is 1.57. The summed E-state index contributed by atoms with van der Waals surface area (Å²) in [6.07, 6.45) is 9.35. The molecule has 130 valence electrons. The molecule has 0 N–H and O–H groups in total. The molecule has 0 amide bonds. The molecule has 5 nitrogen and oxygen atoms in total. The van der Waals surface area contributed by atoms with E-state index in [0.717, 1.165) is 39.2 Å². The van der Waals surface area contributed by atoms with E-state index < -0.39 is 0 Å². The lowest BCUT2D eigenvalue weighted by Gasteiger charge is -2.44. The lowest BCUT2D eigenvalue weighted by atomic mass is 9.97. The largest absolute Gasteiger partial charge is 0.375 e. The van der Waals surface area contributed by atoms with Gasteiger partial charge >= 0.3 is 0 Å². The lowest BCUT2D eigenvalue weighted by molar-refractivity contribution is 0.0224. The van der Waals surface area contributed by atoms with Gasteiger partial charge in [-0.25, -0.2) is 0 Å². The summed E-state index contributed by atoms with van der Waals surface area (Å²) < 4.78 is 8.04. The van der Waals surface area contributed by atoms with Crippen LogP contribution in [0.1, 0.15) is 39.5 Å². The van der Waals surface area contributed by atoms with E-state index in [1.54, 1.807) is 0 Å². The third kappa shape index (κ3) is 4.78. The minimum Gasteiger partial charge on any atom is -0.375 e. The molecule has 0 saturated carbocycles. The summed E-state index contributed by atoms with van der Waals surface area (Å²) in [6.45, 7) is 12.3. The van der Waals surface area contributed by atoms with Gasteiger partial charge in [0, 0.05) is 44.2 Å². The first-order chi connectivity index (χ1) is 11.1. The zero-order chi connectivity index (χ0) is 16.1. The van der Waals surface area contributed by atoms with Crippen LogP contribution in [0.3, 0.4) is 0 Å². The van der Waals surface area contributed by atoms with Crippen molar-refractivity contribution in [1.29, 1.82) is 0 Å². The smallest absolute Gasteiger partial charge is 0.0897 e. The molecule has 2 saturated heterocycles. The number of ether oxygens (including phenoxy) is 1. The van der Waals surface area contributed by atoms with Crippen molar-refractivity contribution in [2.24, 2.45) is 0 Å². The first kappa shape index (κ1) is 16.9. The Morgan fingerprint density at radius 1 is 1.13 bits per heavy atom. The van der Waals surface area contributed by atoms with Gasteiger partial charge in [-0.15, -0.1) is 0 Å². The summed E-state index contributed by atoms with van der Waals surface area (Å²) in [6, 6.07) is 1.98. The Hall–Kier alpha value is -0.910. The van der Waals surface area contributed by atoms with Crippen LogP contribution in [0, 0.1) is 0 Å². The van der Waals surface area contributed by atoms with Gasteiger partial charge in [-0.2, -0.15) is 5.10 Å². The second kappa shape index (κ2) is 7.77. The molecule has 0 spiro atoms. The highest BCUT2D eigenvalue weighted by atomic mass is 16.5. The van der Waals surface area contributed by atoms with Crippen molar-refractivity contribution < 1.29 is 4.74 Å². The lowest BCUT2D eigenvalue weighted by Crippen LogP contribution is -2.54. The normalized spacial score (nSPS) is 25.4. The highest BCUT2D eigenvalue weighted by Gasteiger charge is 2.31. The van der Waals surface area contributed by atoms with Gasteiger partial charge < -0.3 is 4.74 Å². The predicted molar refractivity (Wildman–Crippen MR) is 92.5 cm³/mol. The van der Waals surface area contributed by atoms with Crippen LogP contribution in [-0.2, 0) is 11.3 Å².